The normalized spacial score (nSPS) is 20.4. The fourth-order valence-corrected chi connectivity index (χ4v) is 3.66. The Morgan fingerprint density at radius 2 is 1.69 bits per heavy atom. The standard InChI is InChI=1S/C18H18F3N3O.C2HF3O2/c19-18(20,21)25-16-3-1-2-12(6-16)17-5-4-15(9-23-17)24-10-13-7-22-8-14(13)11-24;3-2(4,5)1(6)7/h1-6,9,13-14,22H,7-8,10-11H2;(H,6,7). The average molecular weight is 463 g/mol. The number of carboxylic acid groups (broad SMARTS) is 1. The van der Waals surface area contributed by atoms with Crippen LogP contribution in [0, 0.1) is 11.8 Å². The summed E-state index contributed by atoms with van der Waals surface area (Å²) in [6.45, 7) is 4.18. The number of nitrogens with zero attached hydrogens (tertiary/aromatic N) is 2. The van der Waals surface area contributed by atoms with Crippen LogP contribution in [-0.4, -0.2) is 54.8 Å². The van der Waals surface area contributed by atoms with Crippen molar-refractivity contribution in [2.75, 3.05) is 31.1 Å². The molecule has 2 aromatic rings. The SMILES string of the molecule is FC(F)(F)Oc1cccc(-c2ccc(N3CC4CNCC4C3)cn2)c1.O=C(O)C(F)(F)F. The molecule has 2 atom stereocenters. The molecule has 3 heterocycles. The van der Waals surface area contributed by atoms with Gasteiger partial charge in [-0.2, -0.15) is 13.2 Å². The topological polar surface area (TPSA) is 74.7 Å². The molecule has 0 radical (unpaired) electrons. The third-order valence-electron chi connectivity index (χ3n) is 5.11. The summed E-state index contributed by atoms with van der Waals surface area (Å²) in [4.78, 5) is 15.7. The number of anilines is 1. The van der Waals surface area contributed by atoms with E-state index in [0.29, 0.717) is 23.1 Å². The first-order valence-corrected chi connectivity index (χ1v) is 9.50. The van der Waals surface area contributed by atoms with Gasteiger partial charge >= 0.3 is 18.5 Å². The molecule has 0 saturated carbocycles. The molecule has 12 heteroatoms. The fourth-order valence-electron chi connectivity index (χ4n) is 3.66. The van der Waals surface area contributed by atoms with Crippen LogP contribution >= 0.6 is 0 Å². The molecule has 2 saturated heterocycles. The monoisotopic (exact) mass is 463 g/mol. The van der Waals surface area contributed by atoms with Crippen LogP contribution in [0.5, 0.6) is 5.75 Å². The van der Waals surface area contributed by atoms with Crippen LogP contribution in [0.2, 0.25) is 0 Å². The number of halogens is 6. The molecular formula is C20H19F6N3O3. The zero-order valence-electron chi connectivity index (χ0n) is 16.5. The van der Waals surface area contributed by atoms with Gasteiger partial charge in [0, 0.05) is 31.7 Å². The van der Waals surface area contributed by atoms with Crippen LogP contribution in [0.4, 0.5) is 32.0 Å². The molecule has 0 amide bonds. The van der Waals surface area contributed by atoms with Crippen molar-refractivity contribution in [3.63, 3.8) is 0 Å². The largest absolute Gasteiger partial charge is 0.573 e. The summed E-state index contributed by atoms with van der Waals surface area (Å²) in [7, 11) is 0. The summed E-state index contributed by atoms with van der Waals surface area (Å²) in [6, 6.07) is 9.70. The van der Waals surface area contributed by atoms with E-state index in [1.54, 1.807) is 12.3 Å². The maximum atomic E-state index is 12.4. The summed E-state index contributed by atoms with van der Waals surface area (Å²) in [5.74, 6) is -1.62. The quantitative estimate of drug-likeness (QED) is 0.672. The Bertz CT molecular complexity index is 921. The van der Waals surface area contributed by atoms with Gasteiger partial charge in [0.2, 0.25) is 0 Å². The molecule has 32 heavy (non-hydrogen) atoms. The summed E-state index contributed by atoms with van der Waals surface area (Å²) < 4.78 is 72.8. The van der Waals surface area contributed by atoms with Gasteiger partial charge in [0.15, 0.2) is 0 Å². The second-order valence-electron chi connectivity index (χ2n) is 7.36. The zero-order chi connectivity index (χ0) is 23.5. The molecule has 2 N–H and O–H groups in total. The van der Waals surface area contributed by atoms with Gasteiger partial charge in [0.25, 0.3) is 0 Å². The maximum Gasteiger partial charge on any atom is 0.573 e. The molecule has 0 spiro atoms. The van der Waals surface area contributed by atoms with Crippen molar-refractivity contribution in [1.29, 1.82) is 0 Å². The van der Waals surface area contributed by atoms with E-state index in [9.17, 15) is 26.3 Å². The first-order chi connectivity index (χ1) is 14.9. The number of hydrogen-bond donors (Lipinski definition) is 2. The van der Waals surface area contributed by atoms with Crippen LogP contribution in [0.1, 0.15) is 0 Å². The van der Waals surface area contributed by atoms with Crippen molar-refractivity contribution in [3.8, 4) is 17.0 Å². The number of hydrogen-bond acceptors (Lipinski definition) is 5. The van der Waals surface area contributed by atoms with E-state index in [2.05, 4.69) is 19.9 Å². The summed E-state index contributed by atoms with van der Waals surface area (Å²) >= 11 is 0. The van der Waals surface area contributed by atoms with E-state index < -0.39 is 18.5 Å². The fraction of sp³-hybridized carbons (Fsp3) is 0.400. The molecule has 1 aromatic carbocycles. The number of rotatable bonds is 3. The van der Waals surface area contributed by atoms with E-state index in [-0.39, 0.29) is 5.75 Å². The molecule has 174 valence electrons. The molecule has 2 aliphatic heterocycles. The molecule has 2 fully saturated rings. The van der Waals surface area contributed by atoms with Crippen LogP contribution in [0.3, 0.4) is 0 Å². The van der Waals surface area contributed by atoms with E-state index in [0.717, 1.165) is 31.9 Å². The first kappa shape index (κ1) is 23.6. The number of nitrogens with one attached hydrogen (secondary N) is 1. The molecule has 2 unspecified atom stereocenters. The van der Waals surface area contributed by atoms with Crippen molar-refractivity contribution in [2.24, 2.45) is 11.8 Å². The van der Waals surface area contributed by atoms with Gasteiger partial charge in [-0.05, 0) is 36.1 Å². The van der Waals surface area contributed by atoms with Crippen molar-refractivity contribution in [3.05, 3.63) is 42.6 Å². The number of aliphatic carboxylic acids is 1. The second kappa shape index (κ2) is 9.23. The molecule has 6 nitrogen and oxygen atoms in total. The van der Waals surface area contributed by atoms with Gasteiger partial charge in [0.05, 0.1) is 17.6 Å². The third-order valence-corrected chi connectivity index (χ3v) is 5.11. The van der Waals surface area contributed by atoms with E-state index in [4.69, 9.17) is 9.90 Å². The van der Waals surface area contributed by atoms with Gasteiger partial charge in [-0.1, -0.05) is 12.1 Å². The van der Waals surface area contributed by atoms with E-state index in [1.807, 2.05) is 12.1 Å². The molecule has 4 rings (SSSR count). The zero-order valence-corrected chi connectivity index (χ0v) is 16.5. The Hall–Kier alpha value is -3.02. The maximum absolute atomic E-state index is 12.4. The van der Waals surface area contributed by atoms with Crippen LogP contribution in [0.15, 0.2) is 42.6 Å². The number of ether oxygens (including phenoxy) is 1. The number of alkyl halides is 6. The summed E-state index contributed by atoms with van der Waals surface area (Å²) in [5.41, 5.74) is 2.27. The van der Waals surface area contributed by atoms with Crippen molar-refractivity contribution < 1.29 is 41.0 Å². The van der Waals surface area contributed by atoms with Gasteiger partial charge < -0.3 is 20.1 Å². The van der Waals surface area contributed by atoms with E-state index in [1.165, 1.54) is 18.2 Å². The minimum atomic E-state index is -5.08. The minimum absolute atomic E-state index is 0.240. The van der Waals surface area contributed by atoms with Crippen LogP contribution < -0.4 is 15.0 Å². The number of aromatic nitrogens is 1. The highest BCUT2D eigenvalue weighted by Crippen LogP contribution is 2.32. The lowest BCUT2D eigenvalue weighted by Crippen LogP contribution is -2.25. The highest BCUT2D eigenvalue weighted by Gasteiger charge is 2.38. The predicted octanol–water partition coefficient (Wildman–Crippen LogP) is 3.94. The highest BCUT2D eigenvalue weighted by atomic mass is 19.4. The van der Waals surface area contributed by atoms with Crippen LogP contribution in [0.25, 0.3) is 11.3 Å². The first-order valence-electron chi connectivity index (χ1n) is 9.50. The molecular weight excluding hydrogens is 444 g/mol. The predicted molar refractivity (Wildman–Crippen MR) is 102 cm³/mol. The summed E-state index contributed by atoms with van der Waals surface area (Å²) in [6.07, 6.45) is -7.99. The number of pyridine rings is 1. The van der Waals surface area contributed by atoms with Crippen molar-refractivity contribution >= 4 is 11.7 Å². The number of fused-ring (bicyclic) bond motifs is 1. The van der Waals surface area contributed by atoms with E-state index >= 15 is 0 Å². The number of carboxylic acids is 1. The lowest BCUT2D eigenvalue weighted by molar-refractivity contribution is -0.274. The Labute approximate surface area is 178 Å². The Kier molecular flexibility index (Phi) is 6.82. The van der Waals surface area contributed by atoms with Crippen molar-refractivity contribution in [2.45, 2.75) is 12.5 Å². The van der Waals surface area contributed by atoms with Gasteiger partial charge in [0.1, 0.15) is 5.75 Å². The lowest BCUT2D eigenvalue weighted by Gasteiger charge is -2.19. The highest BCUT2D eigenvalue weighted by molar-refractivity contribution is 5.73. The third kappa shape index (κ3) is 6.25. The lowest BCUT2D eigenvalue weighted by atomic mass is 10.0. The van der Waals surface area contributed by atoms with Gasteiger partial charge in [-0.15, -0.1) is 13.2 Å². The van der Waals surface area contributed by atoms with Gasteiger partial charge in [-0.25, -0.2) is 4.79 Å². The van der Waals surface area contributed by atoms with Gasteiger partial charge in [-0.3, -0.25) is 4.98 Å². The smallest absolute Gasteiger partial charge is 0.475 e. The Balaban J connectivity index is 0.000000360. The second-order valence-corrected chi connectivity index (χ2v) is 7.36. The number of carbonyl (C=O) groups is 1. The summed E-state index contributed by atoms with van der Waals surface area (Å²) in [5, 5.41) is 10.5. The Morgan fingerprint density at radius 3 is 2.19 bits per heavy atom. The molecule has 0 bridgehead atoms. The Morgan fingerprint density at radius 1 is 1.06 bits per heavy atom. The average Bonchev–Trinajstić information content (AvgIpc) is 3.29. The number of benzene rings is 1. The van der Waals surface area contributed by atoms with Crippen molar-refractivity contribution in [1.82, 2.24) is 10.3 Å². The molecule has 1 aromatic heterocycles. The van der Waals surface area contributed by atoms with Crippen LogP contribution in [-0.2, 0) is 4.79 Å². The molecule has 0 aliphatic carbocycles. The molecule has 2 aliphatic rings. The minimum Gasteiger partial charge on any atom is -0.475 e.